The van der Waals surface area contributed by atoms with E-state index in [9.17, 15) is 0 Å². The zero-order valence-corrected chi connectivity index (χ0v) is 16.1. The van der Waals surface area contributed by atoms with E-state index in [0.717, 1.165) is 11.1 Å². The Bertz CT molecular complexity index is 1380. The summed E-state index contributed by atoms with van der Waals surface area (Å²) in [7, 11) is 0. The Kier molecular flexibility index (Phi) is 3.41. The monoisotopic (exact) mass is 370 g/mol. The van der Waals surface area contributed by atoms with Gasteiger partial charge in [-0.3, -0.25) is 9.97 Å². The normalized spacial score (nSPS) is 11.6. The first-order valence-electron chi connectivity index (χ1n) is 9.82. The lowest BCUT2D eigenvalue weighted by molar-refractivity contribution is 1.33. The molecule has 0 bridgehead atoms. The highest BCUT2D eigenvalue weighted by Gasteiger charge is 2.16. The fourth-order valence-electron chi connectivity index (χ4n) is 4.59. The molecule has 0 unspecified atom stereocenters. The third-order valence-corrected chi connectivity index (χ3v) is 5.81. The summed E-state index contributed by atoms with van der Waals surface area (Å²) in [5.41, 5.74) is 5.97. The van der Waals surface area contributed by atoms with Gasteiger partial charge in [0.25, 0.3) is 0 Å². The quantitative estimate of drug-likeness (QED) is 0.306. The second-order valence-electron chi connectivity index (χ2n) is 7.64. The van der Waals surface area contributed by atoms with Gasteiger partial charge in [0, 0.05) is 35.9 Å². The molecule has 0 atom stereocenters. The average Bonchev–Trinajstić information content (AvgIpc) is 2.78. The van der Waals surface area contributed by atoms with Crippen LogP contribution in [0.3, 0.4) is 0 Å². The van der Waals surface area contributed by atoms with Gasteiger partial charge in [-0.2, -0.15) is 0 Å². The number of pyridine rings is 2. The van der Waals surface area contributed by atoms with Gasteiger partial charge in [-0.1, -0.05) is 48.5 Å². The minimum absolute atomic E-state index is 1.13. The van der Waals surface area contributed by atoms with E-state index in [2.05, 4.69) is 71.5 Å². The lowest BCUT2D eigenvalue weighted by atomic mass is 9.86. The number of nitrogens with zero attached hydrogens (tertiary/aromatic N) is 2. The van der Waals surface area contributed by atoms with Crippen molar-refractivity contribution < 1.29 is 0 Å². The molecule has 4 aromatic carbocycles. The Morgan fingerprint density at radius 2 is 1.14 bits per heavy atom. The van der Waals surface area contributed by atoms with Crippen molar-refractivity contribution in [1.29, 1.82) is 0 Å². The summed E-state index contributed by atoms with van der Waals surface area (Å²) in [5.74, 6) is 0. The topological polar surface area (TPSA) is 25.8 Å². The van der Waals surface area contributed by atoms with Gasteiger partial charge >= 0.3 is 0 Å². The molecular weight excluding hydrogens is 352 g/mol. The van der Waals surface area contributed by atoms with E-state index in [1.807, 2.05) is 36.9 Å². The molecule has 2 aromatic heterocycles. The minimum atomic E-state index is 1.13. The number of hydrogen-bond acceptors (Lipinski definition) is 2. The predicted octanol–water partition coefficient (Wildman–Crippen LogP) is 7.02. The number of rotatable bonds is 2. The maximum absolute atomic E-state index is 4.37. The van der Waals surface area contributed by atoms with E-state index < -0.39 is 0 Å². The summed E-state index contributed by atoms with van der Waals surface area (Å²) in [4.78, 5) is 8.74. The van der Waals surface area contributed by atoms with Crippen molar-refractivity contribution >= 4 is 32.3 Å². The Labute approximate surface area is 168 Å². The van der Waals surface area contributed by atoms with Crippen LogP contribution in [0, 0.1) is 6.92 Å². The SMILES string of the molecule is Cc1cc2ccc3c(-c4cccnc4)cc(-c4cccnc4)c4ccc(c1)c2c34. The molecule has 0 saturated carbocycles. The van der Waals surface area contributed by atoms with Gasteiger partial charge in [-0.25, -0.2) is 0 Å². The molecule has 2 nitrogen and oxygen atoms in total. The van der Waals surface area contributed by atoms with Crippen LogP contribution in [0.4, 0.5) is 0 Å². The average molecular weight is 370 g/mol. The highest BCUT2D eigenvalue weighted by atomic mass is 14.6. The lowest BCUT2D eigenvalue weighted by Crippen LogP contribution is -1.92. The largest absolute Gasteiger partial charge is 0.264 e. The van der Waals surface area contributed by atoms with Crippen LogP contribution < -0.4 is 0 Å². The van der Waals surface area contributed by atoms with Crippen LogP contribution in [0.15, 0.2) is 91.5 Å². The first kappa shape index (κ1) is 16.2. The van der Waals surface area contributed by atoms with Crippen LogP contribution in [0.5, 0.6) is 0 Å². The van der Waals surface area contributed by atoms with Crippen LogP contribution in [0.1, 0.15) is 5.56 Å². The molecule has 0 aliphatic rings. The van der Waals surface area contributed by atoms with Gasteiger partial charge in [0.15, 0.2) is 0 Å². The highest BCUT2D eigenvalue weighted by molar-refractivity contribution is 6.28. The van der Waals surface area contributed by atoms with E-state index in [-0.39, 0.29) is 0 Å². The Hall–Kier alpha value is -3.78. The van der Waals surface area contributed by atoms with Crippen molar-refractivity contribution in [3.05, 3.63) is 97.1 Å². The second kappa shape index (κ2) is 6.11. The molecule has 0 fully saturated rings. The first-order chi connectivity index (χ1) is 14.3. The Morgan fingerprint density at radius 3 is 1.62 bits per heavy atom. The molecule has 2 heteroatoms. The fourth-order valence-corrected chi connectivity index (χ4v) is 4.59. The summed E-state index contributed by atoms with van der Waals surface area (Å²) in [6.07, 6.45) is 7.54. The maximum atomic E-state index is 4.37. The fraction of sp³-hybridized carbons (Fsp3) is 0.0370. The van der Waals surface area contributed by atoms with E-state index in [0.29, 0.717) is 0 Å². The van der Waals surface area contributed by atoms with Crippen LogP contribution in [0.25, 0.3) is 54.6 Å². The van der Waals surface area contributed by atoms with Gasteiger partial charge in [0.05, 0.1) is 0 Å². The number of aryl methyl sites for hydroxylation is 1. The summed E-state index contributed by atoms with van der Waals surface area (Å²) in [6, 6.07) is 24.2. The summed E-state index contributed by atoms with van der Waals surface area (Å²) in [5, 5.41) is 7.77. The van der Waals surface area contributed by atoms with Gasteiger partial charge in [0.1, 0.15) is 0 Å². The molecule has 6 aromatic rings. The molecule has 0 radical (unpaired) electrons. The van der Waals surface area contributed by atoms with Crippen LogP contribution in [-0.4, -0.2) is 9.97 Å². The third kappa shape index (κ3) is 2.43. The maximum Gasteiger partial charge on any atom is 0.0346 e. The van der Waals surface area contributed by atoms with Crippen molar-refractivity contribution in [1.82, 2.24) is 9.97 Å². The van der Waals surface area contributed by atoms with Crippen molar-refractivity contribution in [3.8, 4) is 22.3 Å². The summed E-state index contributed by atoms with van der Waals surface area (Å²) >= 11 is 0. The molecule has 0 amide bonds. The van der Waals surface area contributed by atoms with Crippen molar-refractivity contribution in [2.24, 2.45) is 0 Å². The van der Waals surface area contributed by atoms with Crippen LogP contribution in [-0.2, 0) is 0 Å². The molecule has 0 aliphatic heterocycles. The van der Waals surface area contributed by atoms with Gasteiger partial charge in [-0.05, 0) is 74.1 Å². The summed E-state index contributed by atoms with van der Waals surface area (Å²) < 4.78 is 0. The first-order valence-corrected chi connectivity index (χ1v) is 9.82. The third-order valence-electron chi connectivity index (χ3n) is 5.81. The van der Waals surface area contributed by atoms with Crippen LogP contribution in [0.2, 0.25) is 0 Å². The summed E-state index contributed by atoms with van der Waals surface area (Å²) in [6.45, 7) is 2.16. The minimum Gasteiger partial charge on any atom is -0.264 e. The molecular formula is C27H18N2. The standard InChI is InChI=1S/C27H18N2/c1-17-12-18-6-8-22-24(20-4-2-10-28-15-20)14-25(21-5-3-11-29-16-21)23-9-7-19(13-17)26(18)27(22)23/h2-16H,1H3. The molecule has 0 aliphatic carbocycles. The zero-order valence-electron chi connectivity index (χ0n) is 16.1. The predicted molar refractivity (Wildman–Crippen MR) is 121 cm³/mol. The van der Waals surface area contributed by atoms with Crippen molar-refractivity contribution in [3.63, 3.8) is 0 Å². The van der Waals surface area contributed by atoms with Crippen molar-refractivity contribution in [2.45, 2.75) is 6.92 Å². The Morgan fingerprint density at radius 1 is 0.586 bits per heavy atom. The zero-order chi connectivity index (χ0) is 19.4. The molecule has 0 spiro atoms. The van der Waals surface area contributed by atoms with Gasteiger partial charge in [0.2, 0.25) is 0 Å². The van der Waals surface area contributed by atoms with E-state index in [4.69, 9.17) is 0 Å². The number of aromatic nitrogens is 2. The Balaban J connectivity index is 1.86. The number of hydrogen-bond donors (Lipinski definition) is 0. The van der Waals surface area contributed by atoms with Crippen LogP contribution >= 0.6 is 0 Å². The molecule has 0 saturated heterocycles. The molecule has 29 heavy (non-hydrogen) atoms. The molecule has 136 valence electrons. The van der Waals surface area contributed by atoms with Gasteiger partial charge < -0.3 is 0 Å². The smallest absolute Gasteiger partial charge is 0.0346 e. The molecule has 6 rings (SSSR count). The highest BCUT2D eigenvalue weighted by Crippen LogP contribution is 2.43. The van der Waals surface area contributed by atoms with E-state index in [1.165, 1.54) is 49.0 Å². The number of benzene rings is 4. The molecule has 2 heterocycles. The lowest BCUT2D eigenvalue weighted by Gasteiger charge is -2.18. The van der Waals surface area contributed by atoms with Gasteiger partial charge in [-0.15, -0.1) is 0 Å². The second-order valence-corrected chi connectivity index (χ2v) is 7.64. The molecule has 0 N–H and O–H groups in total. The van der Waals surface area contributed by atoms with E-state index in [1.54, 1.807) is 0 Å². The van der Waals surface area contributed by atoms with Crippen molar-refractivity contribution in [2.75, 3.05) is 0 Å². The van der Waals surface area contributed by atoms with E-state index >= 15 is 0 Å².